The first-order valence-corrected chi connectivity index (χ1v) is 9.95. The lowest BCUT2D eigenvalue weighted by Crippen LogP contribution is -2.15. The van der Waals surface area contributed by atoms with E-state index in [1.807, 2.05) is 38.3 Å². The third-order valence-electron chi connectivity index (χ3n) is 3.37. The van der Waals surface area contributed by atoms with Crippen LogP contribution in [0, 0.1) is 13.8 Å². The molecule has 2 rings (SSSR count). The quantitative estimate of drug-likeness (QED) is 0.693. The summed E-state index contributed by atoms with van der Waals surface area (Å²) in [5.74, 6) is 1.45. The number of hydrogen-bond acceptors (Lipinski definition) is 7. The average Bonchev–Trinajstić information content (AvgIpc) is 3.03. The summed E-state index contributed by atoms with van der Waals surface area (Å²) in [6, 6.07) is 5.69. The van der Waals surface area contributed by atoms with Crippen LogP contribution in [0.1, 0.15) is 29.5 Å². The standard InChI is InChI=1S/C16H22N4O2S2/c1-10-4-5-11(2)13(8-10)18-14(21)9-24-16-20-19-15(22-16)12(17)6-7-23-3/h4-5,8,12H,6-7,9,17H2,1-3H3,(H,18,21)/t12-/m0/s1. The number of thioether (sulfide) groups is 2. The van der Waals surface area contributed by atoms with E-state index in [1.54, 1.807) is 11.8 Å². The SMILES string of the molecule is CSCC[C@H](N)c1nnc(SCC(=O)Nc2cc(C)ccc2C)o1. The molecule has 0 saturated heterocycles. The zero-order chi connectivity index (χ0) is 17.5. The Bertz CT molecular complexity index is 690. The number of nitrogens with zero attached hydrogens (tertiary/aromatic N) is 2. The van der Waals surface area contributed by atoms with Gasteiger partial charge in [0.2, 0.25) is 11.8 Å². The van der Waals surface area contributed by atoms with E-state index in [0.29, 0.717) is 11.1 Å². The van der Waals surface area contributed by atoms with Crippen LogP contribution in [-0.2, 0) is 4.79 Å². The van der Waals surface area contributed by atoms with Crippen LogP contribution in [0.2, 0.25) is 0 Å². The fraction of sp³-hybridized carbons (Fsp3) is 0.438. The summed E-state index contributed by atoms with van der Waals surface area (Å²) in [6.07, 6.45) is 2.80. The van der Waals surface area contributed by atoms with Crippen LogP contribution in [0.25, 0.3) is 0 Å². The number of nitrogens with one attached hydrogen (secondary N) is 1. The molecule has 2 aromatic rings. The minimum absolute atomic E-state index is 0.111. The van der Waals surface area contributed by atoms with Crippen molar-refractivity contribution in [1.29, 1.82) is 0 Å². The topological polar surface area (TPSA) is 94.0 Å². The first-order chi connectivity index (χ1) is 11.5. The van der Waals surface area contributed by atoms with Crippen LogP contribution >= 0.6 is 23.5 Å². The molecule has 24 heavy (non-hydrogen) atoms. The van der Waals surface area contributed by atoms with E-state index in [-0.39, 0.29) is 17.7 Å². The lowest BCUT2D eigenvalue weighted by molar-refractivity contribution is -0.113. The molecule has 1 amide bonds. The fourth-order valence-electron chi connectivity index (χ4n) is 1.98. The lowest BCUT2D eigenvalue weighted by atomic mass is 10.1. The fourth-order valence-corrected chi connectivity index (χ4v) is 3.04. The molecule has 1 aromatic heterocycles. The number of amides is 1. The van der Waals surface area contributed by atoms with Gasteiger partial charge in [-0.05, 0) is 49.5 Å². The number of aryl methyl sites for hydroxylation is 2. The molecule has 6 nitrogen and oxygen atoms in total. The summed E-state index contributed by atoms with van der Waals surface area (Å²) in [6.45, 7) is 3.95. The van der Waals surface area contributed by atoms with Gasteiger partial charge in [-0.2, -0.15) is 11.8 Å². The largest absolute Gasteiger partial charge is 0.414 e. The summed E-state index contributed by atoms with van der Waals surface area (Å²) in [5.41, 5.74) is 8.94. The van der Waals surface area contributed by atoms with Crippen LogP contribution in [0.4, 0.5) is 5.69 Å². The Kier molecular flexibility index (Phi) is 7.14. The highest BCUT2D eigenvalue weighted by Gasteiger charge is 2.15. The zero-order valence-corrected chi connectivity index (χ0v) is 15.7. The van der Waals surface area contributed by atoms with Gasteiger partial charge in [-0.1, -0.05) is 23.9 Å². The maximum atomic E-state index is 12.1. The van der Waals surface area contributed by atoms with Crippen LogP contribution in [0.15, 0.2) is 27.8 Å². The van der Waals surface area contributed by atoms with E-state index in [1.165, 1.54) is 11.8 Å². The van der Waals surface area contributed by atoms with Gasteiger partial charge in [0.05, 0.1) is 11.8 Å². The molecule has 1 atom stereocenters. The van der Waals surface area contributed by atoms with E-state index < -0.39 is 0 Å². The number of benzene rings is 1. The number of anilines is 1. The minimum Gasteiger partial charge on any atom is -0.414 e. The van der Waals surface area contributed by atoms with Gasteiger partial charge >= 0.3 is 0 Å². The van der Waals surface area contributed by atoms with Crippen molar-refractivity contribution < 1.29 is 9.21 Å². The second-order valence-corrected chi connectivity index (χ2v) is 7.36. The molecule has 3 N–H and O–H groups in total. The maximum Gasteiger partial charge on any atom is 0.277 e. The number of carbonyl (C=O) groups excluding carboxylic acids is 1. The van der Waals surface area contributed by atoms with Crippen LogP contribution < -0.4 is 11.1 Å². The average molecular weight is 367 g/mol. The second kappa shape index (κ2) is 9.10. The molecule has 8 heteroatoms. The summed E-state index contributed by atoms with van der Waals surface area (Å²) in [4.78, 5) is 12.1. The van der Waals surface area contributed by atoms with Gasteiger partial charge in [0.1, 0.15) is 0 Å². The molecule has 0 saturated carbocycles. The molecular formula is C16H22N4O2S2. The molecule has 0 bridgehead atoms. The van der Waals surface area contributed by atoms with E-state index in [9.17, 15) is 4.79 Å². The molecule has 0 unspecified atom stereocenters. The van der Waals surface area contributed by atoms with E-state index in [0.717, 1.165) is 29.0 Å². The van der Waals surface area contributed by atoms with Crippen molar-refractivity contribution in [2.45, 2.75) is 31.5 Å². The molecule has 130 valence electrons. The second-order valence-electron chi connectivity index (χ2n) is 5.45. The third-order valence-corrected chi connectivity index (χ3v) is 4.83. The molecule has 0 radical (unpaired) electrons. The van der Waals surface area contributed by atoms with Gasteiger partial charge in [-0.15, -0.1) is 10.2 Å². The molecule has 1 aromatic carbocycles. The van der Waals surface area contributed by atoms with E-state index in [2.05, 4.69) is 15.5 Å². The lowest BCUT2D eigenvalue weighted by Gasteiger charge is -2.08. The molecule has 0 aliphatic rings. The summed E-state index contributed by atoms with van der Waals surface area (Å²) in [5, 5.41) is 11.2. The van der Waals surface area contributed by atoms with Gasteiger partial charge in [0.15, 0.2) is 0 Å². The normalized spacial score (nSPS) is 12.2. The Hall–Kier alpha value is -1.51. The van der Waals surface area contributed by atoms with E-state index >= 15 is 0 Å². The maximum absolute atomic E-state index is 12.1. The minimum atomic E-state index is -0.261. The number of hydrogen-bond donors (Lipinski definition) is 2. The molecule has 1 heterocycles. The summed E-state index contributed by atoms with van der Waals surface area (Å²) >= 11 is 2.93. The van der Waals surface area contributed by atoms with Gasteiger partial charge in [0, 0.05) is 5.69 Å². The van der Waals surface area contributed by atoms with Crippen molar-refractivity contribution in [2.24, 2.45) is 5.73 Å². The molecule has 0 fully saturated rings. The van der Waals surface area contributed by atoms with Crippen molar-refractivity contribution in [2.75, 3.05) is 23.1 Å². The van der Waals surface area contributed by atoms with Crippen LogP contribution in [-0.4, -0.2) is 33.9 Å². The van der Waals surface area contributed by atoms with Crippen LogP contribution in [0.5, 0.6) is 0 Å². The number of rotatable bonds is 8. The number of nitrogens with two attached hydrogens (primary N) is 1. The summed E-state index contributed by atoms with van der Waals surface area (Å²) in [7, 11) is 0. The van der Waals surface area contributed by atoms with Gasteiger partial charge < -0.3 is 15.5 Å². The molecule has 0 aliphatic heterocycles. The highest BCUT2D eigenvalue weighted by atomic mass is 32.2. The smallest absolute Gasteiger partial charge is 0.277 e. The highest BCUT2D eigenvalue weighted by Crippen LogP contribution is 2.22. The van der Waals surface area contributed by atoms with Gasteiger partial charge in [-0.25, -0.2) is 0 Å². The highest BCUT2D eigenvalue weighted by molar-refractivity contribution is 7.99. The third kappa shape index (κ3) is 5.54. The molecule has 0 spiro atoms. The zero-order valence-electron chi connectivity index (χ0n) is 14.0. The van der Waals surface area contributed by atoms with Gasteiger partial charge in [-0.3, -0.25) is 4.79 Å². The molecular weight excluding hydrogens is 344 g/mol. The van der Waals surface area contributed by atoms with Crippen LogP contribution in [0.3, 0.4) is 0 Å². The van der Waals surface area contributed by atoms with Crippen molar-refractivity contribution in [3.63, 3.8) is 0 Å². The Labute approximate surface area is 150 Å². The van der Waals surface area contributed by atoms with Crippen molar-refractivity contribution in [3.8, 4) is 0 Å². The van der Waals surface area contributed by atoms with Crippen molar-refractivity contribution in [1.82, 2.24) is 10.2 Å². The van der Waals surface area contributed by atoms with Crippen molar-refractivity contribution in [3.05, 3.63) is 35.2 Å². The first-order valence-electron chi connectivity index (χ1n) is 7.57. The number of carbonyl (C=O) groups is 1. The monoisotopic (exact) mass is 366 g/mol. The molecule has 0 aliphatic carbocycles. The summed E-state index contributed by atoms with van der Waals surface area (Å²) < 4.78 is 5.51. The Morgan fingerprint density at radius 3 is 2.92 bits per heavy atom. The Balaban J connectivity index is 1.86. The first kappa shape index (κ1) is 18.8. The van der Waals surface area contributed by atoms with Gasteiger partial charge in [0.25, 0.3) is 5.22 Å². The Morgan fingerprint density at radius 2 is 2.17 bits per heavy atom. The number of aromatic nitrogens is 2. The van der Waals surface area contributed by atoms with Crippen molar-refractivity contribution >= 4 is 35.1 Å². The predicted molar refractivity (Wildman–Crippen MR) is 99.5 cm³/mol. The Morgan fingerprint density at radius 1 is 1.38 bits per heavy atom. The van der Waals surface area contributed by atoms with E-state index in [4.69, 9.17) is 10.2 Å². The predicted octanol–water partition coefficient (Wildman–Crippen LogP) is 3.17.